The summed E-state index contributed by atoms with van der Waals surface area (Å²) in [6.07, 6.45) is 1.44. The molecule has 0 aliphatic heterocycles. The van der Waals surface area contributed by atoms with Crippen molar-refractivity contribution >= 4 is 5.97 Å². The molecule has 1 rings (SSSR count). The Morgan fingerprint density at radius 3 is 2.41 bits per heavy atom. The Bertz CT molecular complexity index is 387. The molecule has 1 N–H and O–H groups in total. The highest BCUT2D eigenvalue weighted by atomic mass is 16.5. The highest BCUT2D eigenvalue weighted by Crippen LogP contribution is 2.32. The van der Waals surface area contributed by atoms with Gasteiger partial charge in [0.15, 0.2) is 11.5 Å². The van der Waals surface area contributed by atoms with E-state index in [0.29, 0.717) is 17.9 Å². The highest BCUT2D eigenvalue weighted by Gasteiger charge is 2.20. The maximum absolute atomic E-state index is 11.2. The summed E-state index contributed by atoms with van der Waals surface area (Å²) in [5.41, 5.74) is 0.747. The maximum atomic E-state index is 11.2. The van der Waals surface area contributed by atoms with Crippen LogP contribution in [0.25, 0.3) is 0 Å². The SMILES string of the molecule is CCCC(C(=O)O)c1ccc(OC)c(OC)c1. The molecular formula is C13H18O4. The van der Waals surface area contributed by atoms with Crippen molar-refractivity contribution < 1.29 is 19.4 Å². The third-order valence-corrected chi connectivity index (χ3v) is 2.69. The number of carboxylic acids is 1. The first-order valence-electron chi connectivity index (χ1n) is 5.58. The van der Waals surface area contributed by atoms with E-state index in [-0.39, 0.29) is 0 Å². The lowest BCUT2D eigenvalue weighted by Crippen LogP contribution is -2.11. The summed E-state index contributed by atoms with van der Waals surface area (Å²) in [7, 11) is 3.09. The van der Waals surface area contributed by atoms with Gasteiger partial charge < -0.3 is 14.6 Å². The van der Waals surface area contributed by atoms with Gasteiger partial charge in [-0.15, -0.1) is 0 Å². The number of benzene rings is 1. The molecule has 0 aromatic heterocycles. The third-order valence-electron chi connectivity index (χ3n) is 2.69. The van der Waals surface area contributed by atoms with E-state index >= 15 is 0 Å². The van der Waals surface area contributed by atoms with Crippen molar-refractivity contribution in [3.05, 3.63) is 23.8 Å². The van der Waals surface area contributed by atoms with Gasteiger partial charge in [0.05, 0.1) is 20.1 Å². The van der Waals surface area contributed by atoms with Gasteiger partial charge in [-0.05, 0) is 24.1 Å². The maximum Gasteiger partial charge on any atom is 0.310 e. The number of methoxy groups -OCH3 is 2. The molecule has 17 heavy (non-hydrogen) atoms. The molecule has 0 saturated carbocycles. The van der Waals surface area contributed by atoms with Crippen LogP contribution in [-0.2, 0) is 4.79 Å². The van der Waals surface area contributed by atoms with Gasteiger partial charge >= 0.3 is 5.97 Å². The number of rotatable bonds is 6. The number of carboxylic acid groups (broad SMARTS) is 1. The molecular weight excluding hydrogens is 220 g/mol. The molecule has 0 bridgehead atoms. The molecule has 4 nitrogen and oxygen atoms in total. The number of carbonyl (C=O) groups is 1. The lowest BCUT2D eigenvalue weighted by molar-refractivity contribution is -0.139. The molecule has 0 amide bonds. The van der Waals surface area contributed by atoms with E-state index in [0.717, 1.165) is 12.0 Å². The zero-order valence-electron chi connectivity index (χ0n) is 10.4. The normalized spacial score (nSPS) is 11.9. The molecule has 94 valence electrons. The van der Waals surface area contributed by atoms with Gasteiger partial charge in [0.1, 0.15) is 0 Å². The zero-order valence-corrected chi connectivity index (χ0v) is 10.4. The predicted molar refractivity (Wildman–Crippen MR) is 64.8 cm³/mol. The van der Waals surface area contributed by atoms with Crippen molar-refractivity contribution in [2.75, 3.05) is 14.2 Å². The average molecular weight is 238 g/mol. The fourth-order valence-electron chi connectivity index (χ4n) is 1.79. The Kier molecular flexibility index (Phi) is 4.82. The van der Waals surface area contributed by atoms with E-state index in [2.05, 4.69) is 0 Å². The Morgan fingerprint density at radius 1 is 1.29 bits per heavy atom. The minimum atomic E-state index is -0.806. The van der Waals surface area contributed by atoms with E-state index in [1.807, 2.05) is 6.92 Å². The monoisotopic (exact) mass is 238 g/mol. The Labute approximate surface area is 101 Å². The second kappa shape index (κ2) is 6.13. The molecule has 0 saturated heterocycles. The summed E-state index contributed by atoms with van der Waals surface area (Å²) < 4.78 is 10.3. The average Bonchev–Trinajstić information content (AvgIpc) is 2.34. The molecule has 1 aromatic rings. The molecule has 1 atom stereocenters. The molecule has 4 heteroatoms. The van der Waals surface area contributed by atoms with Crippen LogP contribution in [0.2, 0.25) is 0 Å². The van der Waals surface area contributed by atoms with Crippen LogP contribution in [0.4, 0.5) is 0 Å². The molecule has 0 heterocycles. The minimum Gasteiger partial charge on any atom is -0.493 e. The lowest BCUT2D eigenvalue weighted by atomic mass is 9.94. The van der Waals surface area contributed by atoms with Gasteiger partial charge in [0, 0.05) is 0 Å². The fourth-order valence-corrected chi connectivity index (χ4v) is 1.79. The lowest BCUT2D eigenvalue weighted by Gasteiger charge is -2.14. The fraction of sp³-hybridized carbons (Fsp3) is 0.462. The van der Waals surface area contributed by atoms with Gasteiger partial charge in [-0.3, -0.25) is 4.79 Å². The number of aliphatic carboxylic acids is 1. The van der Waals surface area contributed by atoms with Crippen molar-refractivity contribution in [1.82, 2.24) is 0 Å². The second-order valence-corrected chi connectivity index (χ2v) is 3.79. The van der Waals surface area contributed by atoms with Crippen LogP contribution in [-0.4, -0.2) is 25.3 Å². The van der Waals surface area contributed by atoms with Crippen LogP contribution in [0.5, 0.6) is 11.5 Å². The van der Waals surface area contributed by atoms with Gasteiger partial charge in [0.25, 0.3) is 0 Å². The van der Waals surface area contributed by atoms with Crippen molar-refractivity contribution in [1.29, 1.82) is 0 Å². The van der Waals surface area contributed by atoms with E-state index in [9.17, 15) is 9.90 Å². The van der Waals surface area contributed by atoms with Crippen molar-refractivity contribution in [3.63, 3.8) is 0 Å². The summed E-state index contributed by atoms with van der Waals surface area (Å²) in [5.74, 6) is -0.122. The quantitative estimate of drug-likeness (QED) is 0.827. The summed E-state index contributed by atoms with van der Waals surface area (Å²) in [5, 5.41) is 9.18. The predicted octanol–water partition coefficient (Wildman–Crippen LogP) is 2.67. The molecule has 0 aliphatic carbocycles. The summed E-state index contributed by atoms with van der Waals surface area (Å²) in [6, 6.07) is 5.24. The van der Waals surface area contributed by atoms with Crippen LogP contribution in [0, 0.1) is 0 Å². The third kappa shape index (κ3) is 3.12. The van der Waals surface area contributed by atoms with Crippen molar-refractivity contribution in [3.8, 4) is 11.5 Å². The second-order valence-electron chi connectivity index (χ2n) is 3.79. The molecule has 0 radical (unpaired) electrons. The van der Waals surface area contributed by atoms with E-state index < -0.39 is 11.9 Å². The first kappa shape index (κ1) is 13.4. The van der Waals surface area contributed by atoms with E-state index in [1.165, 1.54) is 7.11 Å². The van der Waals surface area contributed by atoms with Crippen molar-refractivity contribution in [2.45, 2.75) is 25.7 Å². The summed E-state index contributed by atoms with van der Waals surface area (Å²) in [6.45, 7) is 1.97. The van der Waals surface area contributed by atoms with Crippen LogP contribution in [0.1, 0.15) is 31.2 Å². The summed E-state index contributed by atoms with van der Waals surface area (Å²) in [4.78, 5) is 11.2. The highest BCUT2D eigenvalue weighted by molar-refractivity contribution is 5.76. The number of hydrogen-bond donors (Lipinski definition) is 1. The molecule has 0 aliphatic rings. The largest absolute Gasteiger partial charge is 0.493 e. The smallest absolute Gasteiger partial charge is 0.310 e. The number of hydrogen-bond acceptors (Lipinski definition) is 3. The molecule has 0 fully saturated rings. The van der Waals surface area contributed by atoms with Crippen molar-refractivity contribution in [2.24, 2.45) is 0 Å². The van der Waals surface area contributed by atoms with E-state index in [4.69, 9.17) is 9.47 Å². The number of ether oxygens (including phenoxy) is 2. The van der Waals surface area contributed by atoms with Crippen LogP contribution in [0.15, 0.2) is 18.2 Å². The van der Waals surface area contributed by atoms with Crippen LogP contribution in [0.3, 0.4) is 0 Å². The van der Waals surface area contributed by atoms with Gasteiger partial charge in [-0.1, -0.05) is 19.4 Å². The first-order chi connectivity index (χ1) is 8.13. The first-order valence-corrected chi connectivity index (χ1v) is 5.58. The van der Waals surface area contributed by atoms with Gasteiger partial charge in [0.2, 0.25) is 0 Å². The molecule has 0 spiro atoms. The minimum absolute atomic E-state index is 0.486. The summed E-state index contributed by atoms with van der Waals surface area (Å²) >= 11 is 0. The molecule has 1 aromatic carbocycles. The van der Waals surface area contributed by atoms with Gasteiger partial charge in [-0.2, -0.15) is 0 Å². The van der Waals surface area contributed by atoms with Gasteiger partial charge in [-0.25, -0.2) is 0 Å². The Balaban J connectivity index is 3.08. The van der Waals surface area contributed by atoms with Crippen LogP contribution >= 0.6 is 0 Å². The van der Waals surface area contributed by atoms with E-state index in [1.54, 1.807) is 25.3 Å². The Morgan fingerprint density at radius 2 is 1.94 bits per heavy atom. The molecule has 1 unspecified atom stereocenters. The zero-order chi connectivity index (χ0) is 12.8. The standard InChI is InChI=1S/C13H18O4/c1-4-5-10(13(14)15)9-6-7-11(16-2)12(8-9)17-3/h6-8,10H,4-5H2,1-3H3,(H,14,15). The Hall–Kier alpha value is -1.71. The van der Waals surface area contributed by atoms with Crippen LogP contribution < -0.4 is 9.47 Å². The topological polar surface area (TPSA) is 55.8 Å².